The first-order valence-corrected chi connectivity index (χ1v) is 7.25. The van der Waals surface area contributed by atoms with Crippen LogP contribution in [0.25, 0.3) is 0 Å². The van der Waals surface area contributed by atoms with Gasteiger partial charge in [-0.3, -0.25) is 4.79 Å². The fraction of sp³-hybridized carbons (Fsp3) is 0.500. The first-order valence-electron chi connectivity index (χ1n) is 6.46. The third-order valence-corrected chi connectivity index (χ3v) is 3.76. The van der Waals surface area contributed by atoms with Crippen LogP contribution >= 0.6 is 15.9 Å². The summed E-state index contributed by atoms with van der Waals surface area (Å²) in [6, 6.07) is 7.55. The average Bonchev–Trinajstić information content (AvgIpc) is 2.39. The van der Waals surface area contributed by atoms with Gasteiger partial charge in [0.2, 0.25) is 0 Å². The van der Waals surface area contributed by atoms with Crippen molar-refractivity contribution in [3.63, 3.8) is 0 Å². The Morgan fingerprint density at radius 3 is 2.63 bits per heavy atom. The third-order valence-electron chi connectivity index (χ3n) is 3.27. The Balaban J connectivity index is 1.92. The summed E-state index contributed by atoms with van der Waals surface area (Å²) in [7, 11) is 2.07. The molecule has 1 aliphatic rings. The van der Waals surface area contributed by atoms with Gasteiger partial charge in [-0.05, 0) is 32.2 Å². The highest BCUT2D eigenvalue weighted by atomic mass is 79.9. The highest BCUT2D eigenvalue weighted by Crippen LogP contribution is 2.19. The molecule has 104 valence electrons. The van der Waals surface area contributed by atoms with Crippen molar-refractivity contribution in [2.75, 3.05) is 33.2 Å². The van der Waals surface area contributed by atoms with Gasteiger partial charge in [-0.1, -0.05) is 22.0 Å². The maximum Gasteiger partial charge on any atom is 0.263 e. The minimum atomic E-state index is -0.447. The monoisotopic (exact) mass is 326 g/mol. The molecule has 0 N–H and O–H groups in total. The SMILES string of the molecule is CC(Oc1cccc(Br)c1)C(=O)N1CCN(C)CC1. The minimum absolute atomic E-state index is 0.0630. The lowest BCUT2D eigenvalue weighted by Gasteiger charge is -2.33. The molecule has 1 unspecified atom stereocenters. The summed E-state index contributed by atoms with van der Waals surface area (Å²) in [5.74, 6) is 0.775. The maximum absolute atomic E-state index is 12.3. The molecule has 1 atom stereocenters. The predicted molar refractivity (Wildman–Crippen MR) is 78.3 cm³/mol. The van der Waals surface area contributed by atoms with Gasteiger partial charge in [0, 0.05) is 30.7 Å². The molecule has 0 radical (unpaired) electrons. The number of carbonyl (C=O) groups excluding carboxylic acids is 1. The van der Waals surface area contributed by atoms with Crippen LogP contribution in [0.1, 0.15) is 6.92 Å². The van der Waals surface area contributed by atoms with Crippen LogP contribution in [0.3, 0.4) is 0 Å². The molecule has 5 heteroatoms. The highest BCUT2D eigenvalue weighted by Gasteiger charge is 2.24. The van der Waals surface area contributed by atoms with E-state index < -0.39 is 6.10 Å². The summed E-state index contributed by atoms with van der Waals surface area (Å²) in [6.07, 6.45) is -0.447. The van der Waals surface area contributed by atoms with Crippen LogP contribution in [0.4, 0.5) is 0 Å². The summed E-state index contributed by atoms with van der Waals surface area (Å²) < 4.78 is 6.65. The van der Waals surface area contributed by atoms with E-state index in [1.807, 2.05) is 36.1 Å². The number of amides is 1. The molecule has 1 aromatic carbocycles. The Morgan fingerprint density at radius 2 is 2.00 bits per heavy atom. The molecular formula is C14H19BrN2O2. The lowest BCUT2D eigenvalue weighted by molar-refractivity contribution is -0.139. The van der Waals surface area contributed by atoms with E-state index in [0.29, 0.717) is 5.75 Å². The summed E-state index contributed by atoms with van der Waals surface area (Å²) in [5, 5.41) is 0. The Hall–Kier alpha value is -1.07. The fourth-order valence-corrected chi connectivity index (χ4v) is 2.46. The molecule has 0 spiro atoms. The lowest BCUT2D eigenvalue weighted by Crippen LogP contribution is -2.50. The highest BCUT2D eigenvalue weighted by molar-refractivity contribution is 9.10. The molecule has 0 bridgehead atoms. The van der Waals surface area contributed by atoms with Gasteiger partial charge in [0.15, 0.2) is 6.10 Å². The number of likely N-dealkylation sites (N-methyl/N-ethyl adjacent to an activating group) is 1. The first-order chi connectivity index (χ1) is 9.06. The van der Waals surface area contributed by atoms with Crippen molar-refractivity contribution in [1.29, 1.82) is 0 Å². The number of halogens is 1. The van der Waals surface area contributed by atoms with E-state index in [9.17, 15) is 4.79 Å². The van der Waals surface area contributed by atoms with Gasteiger partial charge >= 0.3 is 0 Å². The molecule has 19 heavy (non-hydrogen) atoms. The molecule has 0 aliphatic carbocycles. The number of hydrogen-bond donors (Lipinski definition) is 0. The second kappa shape index (κ2) is 6.39. The summed E-state index contributed by atoms with van der Waals surface area (Å²) in [5.41, 5.74) is 0. The summed E-state index contributed by atoms with van der Waals surface area (Å²) in [4.78, 5) is 16.4. The topological polar surface area (TPSA) is 32.8 Å². The first kappa shape index (κ1) is 14.3. The molecule has 2 rings (SSSR count). The van der Waals surface area contributed by atoms with Gasteiger partial charge in [0.05, 0.1) is 0 Å². The molecule has 1 aliphatic heterocycles. The predicted octanol–water partition coefficient (Wildman–Crippen LogP) is 1.99. The van der Waals surface area contributed by atoms with Crippen molar-refractivity contribution in [2.24, 2.45) is 0 Å². The lowest BCUT2D eigenvalue weighted by atomic mass is 10.2. The molecule has 0 aromatic heterocycles. The van der Waals surface area contributed by atoms with Crippen molar-refractivity contribution in [2.45, 2.75) is 13.0 Å². The molecule has 1 saturated heterocycles. The molecular weight excluding hydrogens is 308 g/mol. The smallest absolute Gasteiger partial charge is 0.263 e. The van der Waals surface area contributed by atoms with E-state index in [2.05, 4.69) is 27.9 Å². The number of benzene rings is 1. The molecule has 1 aromatic rings. The Kier molecular flexibility index (Phi) is 4.82. The number of piperazine rings is 1. The van der Waals surface area contributed by atoms with Crippen LogP contribution in [0.15, 0.2) is 28.7 Å². The Bertz CT molecular complexity index is 445. The van der Waals surface area contributed by atoms with Crippen LogP contribution < -0.4 is 4.74 Å². The largest absolute Gasteiger partial charge is 0.481 e. The molecule has 0 saturated carbocycles. The van der Waals surface area contributed by atoms with Crippen LogP contribution in [0.2, 0.25) is 0 Å². The number of hydrogen-bond acceptors (Lipinski definition) is 3. The van der Waals surface area contributed by atoms with E-state index in [1.54, 1.807) is 0 Å². The maximum atomic E-state index is 12.3. The third kappa shape index (κ3) is 3.94. The average molecular weight is 327 g/mol. The van der Waals surface area contributed by atoms with Crippen molar-refractivity contribution in [1.82, 2.24) is 9.80 Å². The molecule has 1 amide bonds. The second-order valence-corrected chi connectivity index (χ2v) is 5.76. The van der Waals surface area contributed by atoms with Gasteiger partial charge in [0.25, 0.3) is 5.91 Å². The van der Waals surface area contributed by atoms with Gasteiger partial charge in [0.1, 0.15) is 5.75 Å². The second-order valence-electron chi connectivity index (χ2n) is 4.85. The van der Waals surface area contributed by atoms with E-state index >= 15 is 0 Å². The summed E-state index contributed by atoms with van der Waals surface area (Å²) >= 11 is 3.39. The molecule has 1 heterocycles. The van der Waals surface area contributed by atoms with E-state index in [1.165, 1.54) is 0 Å². The van der Waals surface area contributed by atoms with Crippen LogP contribution in [-0.2, 0) is 4.79 Å². The van der Waals surface area contributed by atoms with Crippen LogP contribution in [0.5, 0.6) is 5.75 Å². The normalized spacial score (nSPS) is 18.2. The fourth-order valence-electron chi connectivity index (χ4n) is 2.08. The van der Waals surface area contributed by atoms with Gasteiger partial charge in [-0.15, -0.1) is 0 Å². The van der Waals surface area contributed by atoms with Crippen molar-refractivity contribution >= 4 is 21.8 Å². The summed E-state index contributed by atoms with van der Waals surface area (Å²) in [6.45, 7) is 5.22. The van der Waals surface area contributed by atoms with Gasteiger partial charge in [-0.25, -0.2) is 0 Å². The van der Waals surface area contributed by atoms with Crippen LogP contribution in [0, 0.1) is 0 Å². The zero-order valence-electron chi connectivity index (χ0n) is 11.3. The zero-order valence-corrected chi connectivity index (χ0v) is 12.9. The number of ether oxygens (including phenoxy) is 1. The molecule has 4 nitrogen and oxygen atoms in total. The van der Waals surface area contributed by atoms with Crippen molar-refractivity contribution in [3.05, 3.63) is 28.7 Å². The number of nitrogens with zero attached hydrogens (tertiary/aromatic N) is 2. The number of rotatable bonds is 3. The quantitative estimate of drug-likeness (QED) is 0.851. The van der Waals surface area contributed by atoms with Gasteiger partial charge in [-0.2, -0.15) is 0 Å². The zero-order chi connectivity index (χ0) is 13.8. The van der Waals surface area contributed by atoms with Crippen LogP contribution in [-0.4, -0.2) is 55.0 Å². The Morgan fingerprint density at radius 1 is 1.32 bits per heavy atom. The van der Waals surface area contributed by atoms with E-state index in [4.69, 9.17) is 4.74 Å². The standard InChI is InChI=1S/C14H19BrN2O2/c1-11(19-13-5-3-4-12(15)10-13)14(18)17-8-6-16(2)7-9-17/h3-5,10-11H,6-9H2,1-2H3. The number of carbonyl (C=O) groups is 1. The van der Waals surface area contributed by atoms with Crippen molar-refractivity contribution < 1.29 is 9.53 Å². The molecule has 1 fully saturated rings. The van der Waals surface area contributed by atoms with E-state index in [0.717, 1.165) is 30.7 Å². The van der Waals surface area contributed by atoms with Gasteiger partial charge < -0.3 is 14.5 Å². The Labute approximate surface area is 122 Å². The van der Waals surface area contributed by atoms with E-state index in [-0.39, 0.29) is 5.91 Å². The minimum Gasteiger partial charge on any atom is -0.481 e. The van der Waals surface area contributed by atoms with Crippen molar-refractivity contribution in [3.8, 4) is 5.75 Å².